The van der Waals surface area contributed by atoms with Gasteiger partial charge in [-0.25, -0.2) is 9.78 Å². The largest absolute Gasteiger partial charge is 0.459 e. The number of benzene rings is 1. The molecule has 2 aromatic rings. The second-order valence-electron chi connectivity index (χ2n) is 6.83. The van der Waals surface area contributed by atoms with Crippen LogP contribution in [0.4, 0.5) is 11.8 Å². The molecule has 1 aliphatic rings. The highest BCUT2D eigenvalue weighted by atomic mass is 32.2. The molecule has 0 radical (unpaired) electrons. The summed E-state index contributed by atoms with van der Waals surface area (Å²) in [6.07, 6.45) is -1.05. The molecule has 1 aromatic heterocycles. The van der Waals surface area contributed by atoms with Crippen molar-refractivity contribution in [3.63, 3.8) is 0 Å². The molecule has 0 saturated carbocycles. The van der Waals surface area contributed by atoms with Crippen molar-refractivity contribution in [2.45, 2.75) is 30.3 Å². The Morgan fingerprint density at radius 2 is 2.06 bits per heavy atom. The minimum atomic E-state index is -0.872. The van der Waals surface area contributed by atoms with Crippen LogP contribution in [0.1, 0.15) is 17.3 Å². The molecule has 1 saturated heterocycles. The lowest BCUT2D eigenvalue weighted by Gasteiger charge is -2.29. The van der Waals surface area contributed by atoms with Crippen LogP contribution < -0.4 is 10.6 Å². The molecule has 168 valence electrons. The van der Waals surface area contributed by atoms with Gasteiger partial charge in [0, 0.05) is 20.2 Å². The van der Waals surface area contributed by atoms with Crippen LogP contribution in [0, 0.1) is 0 Å². The molecule has 3 rings (SSSR count). The van der Waals surface area contributed by atoms with Gasteiger partial charge < -0.3 is 24.8 Å². The molecule has 1 aromatic carbocycles. The number of thioether (sulfide) groups is 1. The number of hydrogen-bond acceptors (Lipinski definition) is 11. The zero-order chi connectivity index (χ0) is 23.3. The summed E-state index contributed by atoms with van der Waals surface area (Å²) in [7, 11) is 1.64. The number of esters is 2. The van der Waals surface area contributed by atoms with Crippen LogP contribution in [-0.4, -0.2) is 59.6 Å². The van der Waals surface area contributed by atoms with Gasteiger partial charge in [-0.05, 0) is 29.5 Å². The maximum absolute atomic E-state index is 12.3. The van der Waals surface area contributed by atoms with Crippen LogP contribution in [0.2, 0.25) is 0 Å². The van der Waals surface area contributed by atoms with Gasteiger partial charge in [-0.2, -0.15) is 4.98 Å². The molecule has 1 aliphatic heterocycles. The van der Waals surface area contributed by atoms with Gasteiger partial charge >= 0.3 is 11.9 Å². The predicted octanol–water partition coefficient (Wildman–Crippen LogP) is 1.85. The molecular weight excluding hydrogens is 436 g/mol. The lowest BCUT2D eigenvalue weighted by atomic mass is 10.1. The van der Waals surface area contributed by atoms with Crippen LogP contribution in [0.5, 0.6) is 0 Å². The Morgan fingerprint density at radius 1 is 1.34 bits per heavy atom. The molecule has 0 unspecified atom stereocenters. The van der Waals surface area contributed by atoms with Gasteiger partial charge in [-0.15, -0.1) is 0 Å². The Balaban J connectivity index is 1.81. The molecule has 3 atom stereocenters. The average molecular weight is 458 g/mol. The topological polar surface area (TPSA) is 134 Å². The summed E-state index contributed by atoms with van der Waals surface area (Å²) in [5.74, 6) is -0.747. The lowest BCUT2D eigenvalue weighted by Crippen LogP contribution is -2.42. The van der Waals surface area contributed by atoms with E-state index in [4.69, 9.17) is 19.9 Å². The highest BCUT2D eigenvalue weighted by Crippen LogP contribution is 2.35. The van der Waals surface area contributed by atoms with Crippen molar-refractivity contribution in [3.05, 3.63) is 54.2 Å². The van der Waals surface area contributed by atoms with E-state index < -0.39 is 30.4 Å². The molecule has 1 fully saturated rings. The number of nitrogens with zero attached hydrogens (tertiary/aromatic N) is 3. The van der Waals surface area contributed by atoms with Gasteiger partial charge in [0.1, 0.15) is 18.5 Å². The van der Waals surface area contributed by atoms with Crippen LogP contribution in [-0.2, 0) is 23.8 Å². The fraction of sp³-hybridized carbons (Fsp3) is 0.286. The molecule has 2 N–H and O–H groups in total. The molecule has 0 bridgehead atoms. The molecule has 2 heterocycles. The Bertz CT molecular complexity index is 1020. The van der Waals surface area contributed by atoms with Crippen molar-refractivity contribution in [1.29, 1.82) is 0 Å². The molecule has 0 aliphatic carbocycles. The number of anilines is 2. The number of hydrogen-bond donors (Lipinski definition) is 1. The third-order valence-electron chi connectivity index (χ3n) is 4.66. The minimum Gasteiger partial charge on any atom is -0.459 e. The third kappa shape index (κ3) is 5.24. The lowest BCUT2D eigenvalue weighted by molar-refractivity contribution is -0.147. The smallest absolute Gasteiger partial charge is 0.338 e. The fourth-order valence-electron chi connectivity index (χ4n) is 3.14. The SMILES string of the molecule is C=C1[C@@H](OC(C)=O)[C@H](N(C)c2nc(N)ncc2SC=O)O[C@@H]1COC(=O)c1ccccc1. The Morgan fingerprint density at radius 3 is 2.72 bits per heavy atom. The van der Waals surface area contributed by atoms with E-state index in [2.05, 4.69) is 16.5 Å². The molecular formula is C21H22N4O6S. The number of rotatable bonds is 8. The molecule has 0 amide bonds. The van der Waals surface area contributed by atoms with Crippen molar-refractivity contribution >= 4 is 41.1 Å². The van der Waals surface area contributed by atoms with E-state index in [9.17, 15) is 14.4 Å². The quantitative estimate of drug-likeness (QED) is 0.269. The summed E-state index contributed by atoms with van der Waals surface area (Å²) in [6.45, 7) is 5.12. The standard InChI is InChI=1S/C21H22N4O6S/c1-12-15(10-29-20(28)14-7-5-4-6-8-14)31-19(17(12)30-13(2)27)25(3)18-16(32-11-26)9-23-21(22)24-18/h4-9,11,15,17,19H,1,10H2,2-3H3,(H2,22,23,24)/t15-,17-,19-/m1/s1. The summed E-state index contributed by atoms with van der Waals surface area (Å²) >= 11 is 0.868. The minimum absolute atomic E-state index is 0.00343. The van der Waals surface area contributed by atoms with Crippen molar-refractivity contribution in [2.24, 2.45) is 0 Å². The zero-order valence-electron chi connectivity index (χ0n) is 17.5. The van der Waals surface area contributed by atoms with Crippen molar-refractivity contribution in [1.82, 2.24) is 9.97 Å². The Labute approximate surface area is 188 Å². The van der Waals surface area contributed by atoms with E-state index in [0.717, 1.165) is 11.8 Å². The highest BCUT2D eigenvalue weighted by Gasteiger charge is 2.44. The van der Waals surface area contributed by atoms with E-state index in [0.29, 0.717) is 27.5 Å². The first-order valence-corrected chi connectivity index (χ1v) is 10.4. The second-order valence-corrected chi connectivity index (χ2v) is 7.69. The van der Waals surface area contributed by atoms with Gasteiger partial charge in [-0.3, -0.25) is 9.59 Å². The van der Waals surface area contributed by atoms with Crippen LogP contribution in [0.25, 0.3) is 0 Å². The van der Waals surface area contributed by atoms with Gasteiger partial charge in [0.2, 0.25) is 5.95 Å². The summed E-state index contributed by atoms with van der Waals surface area (Å²) in [4.78, 5) is 45.1. The first kappa shape index (κ1) is 23.2. The normalized spacial score (nSPS) is 19.9. The summed E-state index contributed by atoms with van der Waals surface area (Å²) < 4.78 is 16.8. The maximum atomic E-state index is 12.3. The maximum Gasteiger partial charge on any atom is 0.338 e. The van der Waals surface area contributed by atoms with Gasteiger partial charge in [0.15, 0.2) is 18.0 Å². The molecule has 10 nitrogen and oxygen atoms in total. The Kier molecular flexibility index (Phi) is 7.44. The summed E-state index contributed by atoms with van der Waals surface area (Å²) in [5.41, 5.74) is 7.17. The molecule has 32 heavy (non-hydrogen) atoms. The molecule has 0 spiro atoms. The highest BCUT2D eigenvalue weighted by molar-refractivity contribution is 8.12. The van der Waals surface area contributed by atoms with Crippen molar-refractivity contribution in [2.75, 3.05) is 24.3 Å². The summed E-state index contributed by atoms with van der Waals surface area (Å²) in [5, 5.41) is 0. The monoisotopic (exact) mass is 458 g/mol. The van der Waals surface area contributed by atoms with Gasteiger partial charge in [0.25, 0.3) is 0 Å². The second kappa shape index (κ2) is 10.2. The number of carbonyl (C=O) groups excluding carboxylic acids is 3. The predicted molar refractivity (Wildman–Crippen MR) is 118 cm³/mol. The van der Waals surface area contributed by atoms with E-state index in [1.54, 1.807) is 42.3 Å². The number of aromatic nitrogens is 2. The van der Waals surface area contributed by atoms with Crippen molar-refractivity contribution in [3.8, 4) is 0 Å². The van der Waals surface area contributed by atoms with Crippen LogP contribution >= 0.6 is 11.8 Å². The summed E-state index contributed by atoms with van der Waals surface area (Å²) in [6, 6.07) is 8.52. The number of nitrogen functional groups attached to an aromatic ring is 1. The Hall–Kier alpha value is -3.44. The first-order chi connectivity index (χ1) is 15.3. The van der Waals surface area contributed by atoms with E-state index in [-0.39, 0.29) is 12.6 Å². The van der Waals surface area contributed by atoms with Crippen LogP contribution in [0.3, 0.4) is 0 Å². The first-order valence-electron chi connectivity index (χ1n) is 9.51. The van der Waals surface area contributed by atoms with E-state index in [1.807, 2.05) is 0 Å². The molecule has 11 heteroatoms. The number of ether oxygens (including phenoxy) is 3. The third-order valence-corrected chi connectivity index (χ3v) is 5.29. The zero-order valence-corrected chi connectivity index (χ0v) is 18.3. The number of carbonyl (C=O) groups is 3. The number of likely N-dealkylation sites (N-methyl/N-ethyl adjacent to an activating group) is 1. The van der Waals surface area contributed by atoms with Crippen molar-refractivity contribution < 1.29 is 28.6 Å². The number of nitrogens with two attached hydrogens (primary N) is 1. The van der Waals surface area contributed by atoms with E-state index >= 15 is 0 Å². The fourth-order valence-corrected chi connectivity index (χ4v) is 3.65. The van der Waals surface area contributed by atoms with E-state index in [1.165, 1.54) is 13.1 Å². The van der Waals surface area contributed by atoms with Crippen LogP contribution in [0.15, 0.2) is 53.6 Å². The van der Waals surface area contributed by atoms with Gasteiger partial charge in [-0.1, -0.05) is 24.8 Å². The van der Waals surface area contributed by atoms with Gasteiger partial charge in [0.05, 0.1) is 10.5 Å². The average Bonchev–Trinajstić information content (AvgIpc) is 3.08.